The van der Waals surface area contributed by atoms with E-state index in [-0.39, 0.29) is 18.2 Å². The van der Waals surface area contributed by atoms with Crippen LogP contribution in [0.2, 0.25) is 0 Å². The van der Waals surface area contributed by atoms with Gasteiger partial charge < -0.3 is 19.6 Å². The van der Waals surface area contributed by atoms with Crippen LogP contribution in [-0.2, 0) is 16.0 Å². The van der Waals surface area contributed by atoms with Crippen molar-refractivity contribution in [3.8, 4) is 16.5 Å². The minimum absolute atomic E-state index is 0.125. The van der Waals surface area contributed by atoms with Crippen molar-refractivity contribution in [2.75, 3.05) is 13.7 Å². The van der Waals surface area contributed by atoms with Gasteiger partial charge in [-0.15, -0.1) is 11.3 Å². The summed E-state index contributed by atoms with van der Waals surface area (Å²) < 4.78 is 10.1. The number of aromatic nitrogens is 1. The van der Waals surface area contributed by atoms with Gasteiger partial charge in [-0.25, -0.2) is 4.98 Å². The topological polar surface area (TPSA) is 102 Å². The molecule has 0 spiro atoms. The molecule has 0 aliphatic heterocycles. The molecule has 0 bridgehead atoms. The third kappa shape index (κ3) is 4.73. The molecule has 1 aromatic carbocycles. The van der Waals surface area contributed by atoms with E-state index >= 15 is 0 Å². The van der Waals surface area contributed by atoms with Gasteiger partial charge in [-0.05, 0) is 36.2 Å². The fourth-order valence-electron chi connectivity index (χ4n) is 2.52. The maximum absolute atomic E-state index is 12.4. The standard InChI is InChI=1S/C19H18N2O5S/c1-25-19(24)13(9-12-4-6-14(22)7-5-12)10-20-17(23)16-11-21-18(27-16)15-3-2-8-26-15/h2-8,11,13,22H,9-10H2,1H3,(H,20,23). The molecule has 0 saturated heterocycles. The quantitative estimate of drug-likeness (QED) is 0.606. The highest BCUT2D eigenvalue weighted by Crippen LogP contribution is 2.25. The van der Waals surface area contributed by atoms with Crippen molar-refractivity contribution < 1.29 is 23.8 Å². The van der Waals surface area contributed by atoms with Crippen LogP contribution in [0.1, 0.15) is 15.2 Å². The summed E-state index contributed by atoms with van der Waals surface area (Å²) in [6.07, 6.45) is 3.40. The van der Waals surface area contributed by atoms with Crippen molar-refractivity contribution in [2.45, 2.75) is 6.42 Å². The first-order valence-electron chi connectivity index (χ1n) is 8.20. The number of amides is 1. The van der Waals surface area contributed by atoms with Gasteiger partial charge in [0, 0.05) is 6.54 Å². The highest BCUT2D eigenvalue weighted by molar-refractivity contribution is 7.16. The number of thiazole rings is 1. The van der Waals surface area contributed by atoms with E-state index in [0.717, 1.165) is 5.56 Å². The molecule has 3 rings (SSSR count). The summed E-state index contributed by atoms with van der Waals surface area (Å²) in [4.78, 5) is 29.0. The molecule has 0 saturated carbocycles. The van der Waals surface area contributed by atoms with Gasteiger partial charge in [-0.3, -0.25) is 9.59 Å². The third-order valence-corrected chi connectivity index (χ3v) is 4.93. The molecule has 1 unspecified atom stereocenters. The Kier molecular flexibility index (Phi) is 5.87. The van der Waals surface area contributed by atoms with Crippen LogP contribution in [0.4, 0.5) is 0 Å². The molecule has 2 heterocycles. The van der Waals surface area contributed by atoms with Gasteiger partial charge in [-0.1, -0.05) is 12.1 Å². The van der Waals surface area contributed by atoms with E-state index in [1.807, 2.05) is 0 Å². The molecule has 27 heavy (non-hydrogen) atoms. The van der Waals surface area contributed by atoms with Gasteiger partial charge in [0.05, 0.1) is 25.5 Å². The summed E-state index contributed by atoms with van der Waals surface area (Å²) >= 11 is 1.21. The lowest BCUT2D eigenvalue weighted by Crippen LogP contribution is -2.34. The molecule has 1 atom stereocenters. The summed E-state index contributed by atoms with van der Waals surface area (Å²) in [6.45, 7) is 0.125. The molecule has 2 N–H and O–H groups in total. The summed E-state index contributed by atoms with van der Waals surface area (Å²) in [7, 11) is 1.31. The van der Waals surface area contributed by atoms with Crippen LogP contribution in [0.3, 0.4) is 0 Å². The first-order valence-corrected chi connectivity index (χ1v) is 9.02. The van der Waals surface area contributed by atoms with E-state index in [0.29, 0.717) is 22.1 Å². The largest absolute Gasteiger partial charge is 0.508 e. The van der Waals surface area contributed by atoms with Crippen molar-refractivity contribution in [2.24, 2.45) is 5.92 Å². The second-order valence-corrected chi connectivity index (χ2v) is 6.84. The SMILES string of the molecule is COC(=O)C(CNC(=O)c1cnc(-c2ccco2)s1)Cc1ccc(O)cc1. The second-order valence-electron chi connectivity index (χ2n) is 5.81. The van der Waals surface area contributed by atoms with E-state index in [9.17, 15) is 14.7 Å². The number of phenols is 1. The highest BCUT2D eigenvalue weighted by Gasteiger charge is 2.22. The fraction of sp³-hybridized carbons (Fsp3) is 0.211. The van der Waals surface area contributed by atoms with Gasteiger partial charge >= 0.3 is 5.97 Å². The maximum atomic E-state index is 12.4. The van der Waals surface area contributed by atoms with Crippen molar-refractivity contribution in [3.05, 3.63) is 59.3 Å². The van der Waals surface area contributed by atoms with Crippen LogP contribution in [0.15, 0.2) is 53.3 Å². The van der Waals surface area contributed by atoms with Gasteiger partial charge in [0.2, 0.25) is 0 Å². The number of hydrogen-bond acceptors (Lipinski definition) is 7. The minimum atomic E-state index is -0.541. The predicted molar refractivity (Wildman–Crippen MR) is 99.5 cm³/mol. The number of carbonyl (C=O) groups excluding carboxylic acids is 2. The van der Waals surface area contributed by atoms with E-state index in [1.54, 1.807) is 42.7 Å². The molecular formula is C19H18N2O5S. The Bertz CT molecular complexity index is 903. The molecular weight excluding hydrogens is 368 g/mol. The van der Waals surface area contributed by atoms with Gasteiger partial charge in [0.25, 0.3) is 5.91 Å². The Morgan fingerprint density at radius 3 is 2.74 bits per heavy atom. The molecule has 0 aliphatic rings. The fourth-order valence-corrected chi connectivity index (χ4v) is 3.32. The molecule has 7 nitrogen and oxygen atoms in total. The molecule has 0 aliphatic carbocycles. The Morgan fingerprint density at radius 2 is 2.07 bits per heavy atom. The van der Waals surface area contributed by atoms with Gasteiger partial charge in [0.1, 0.15) is 10.6 Å². The van der Waals surface area contributed by atoms with Crippen LogP contribution >= 0.6 is 11.3 Å². The van der Waals surface area contributed by atoms with E-state index in [4.69, 9.17) is 9.15 Å². The number of phenolic OH excluding ortho intramolecular Hbond substituents is 1. The first kappa shape index (κ1) is 18.7. The van der Waals surface area contributed by atoms with Crippen molar-refractivity contribution in [3.63, 3.8) is 0 Å². The maximum Gasteiger partial charge on any atom is 0.310 e. The highest BCUT2D eigenvalue weighted by atomic mass is 32.1. The van der Waals surface area contributed by atoms with Gasteiger partial charge in [-0.2, -0.15) is 0 Å². The molecule has 140 valence electrons. The molecule has 0 fully saturated rings. The zero-order chi connectivity index (χ0) is 19.2. The molecule has 2 aromatic heterocycles. The lowest BCUT2D eigenvalue weighted by molar-refractivity contribution is -0.145. The number of furan rings is 1. The van der Waals surface area contributed by atoms with Crippen molar-refractivity contribution in [1.29, 1.82) is 0 Å². The lowest BCUT2D eigenvalue weighted by Gasteiger charge is -2.15. The number of rotatable bonds is 7. The van der Waals surface area contributed by atoms with Gasteiger partial charge in [0.15, 0.2) is 10.8 Å². The summed E-state index contributed by atoms with van der Waals surface area (Å²) in [5.41, 5.74) is 0.857. The van der Waals surface area contributed by atoms with Crippen LogP contribution in [-0.4, -0.2) is 35.6 Å². The number of ether oxygens (including phenoxy) is 1. The monoisotopic (exact) mass is 386 g/mol. The van der Waals surface area contributed by atoms with Crippen molar-refractivity contribution in [1.82, 2.24) is 10.3 Å². The molecule has 0 radical (unpaired) electrons. The Hall–Kier alpha value is -3.13. The first-order chi connectivity index (χ1) is 13.1. The van der Waals surface area contributed by atoms with E-state index in [2.05, 4.69) is 10.3 Å². The number of nitrogens with zero attached hydrogens (tertiary/aromatic N) is 1. The Balaban J connectivity index is 1.63. The zero-order valence-electron chi connectivity index (χ0n) is 14.5. The number of nitrogens with one attached hydrogen (secondary N) is 1. The van der Waals surface area contributed by atoms with E-state index < -0.39 is 11.9 Å². The average molecular weight is 386 g/mol. The summed E-state index contributed by atoms with van der Waals surface area (Å²) in [5.74, 6) is -0.520. The average Bonchev–Trinajstić information content (AvgIpc) is 3.37. The Morgan fingerprint density at radius 1 is 1.30 bits per heavy atom. The minimum Gasteiger partial charge on any atom is -0.508 e. The number of methoxy groups -OCH3 is 1. The summed E-state index contributed by atoms with van der Waals surface area (Å²) in [6, 6.07) is 10.1. The summed E-state index contributed by atoms with van der Waals surface area (Å²) in [5, 5.41) is 12.7. The Labute approximate surface area is 159 Å². The molecule has 3 aromatic rings. The number of esters is 1. The molecule has 8 heteroatoms. The third-order valence-electron chi connectivity index (χ3n) is 3.92. The van der Waals surface area contributed by atoms with Crippen LogP contribution < -0.4 is 5.32 Å². The second kappa shape index (κ2) is 8.50. The van der Waals surface area contributed by atoms with Crippen molar-refractivity contribution >= 4 is 23.2 Å². The van der Waals surface area contributed by atoms with Crippen LogP contribution in [0.25, 0.3) is 10.8 Å². The van der Waals surface area contributed by atoms with Crippen LogP contribution in [0.5, 0.6) is 5.75 Å². The van der Waals surface area contributed by atoms with Crippen LogP contribution in [0, 0.1) is 5.92 Å². The smallest absolute Gasteiger partial charge is 0.310 e. The number of aromatic hydroxyl groups is 1. The normalized spacial score (nSPS) is 11.7. The number of benzene rings is 1. The van der Waals surface area contributed by atoms with E-state index in [1.165, 1.54) is 24.6 Å². The number of carbonyl (C=O) groups is 2. The zero-order valence-corrected chi connectivity index (χ0v) is 15.4. The molecule has 1 amide bonds. The predicted octanol–water partition coefficient (Wildman–Crippen LogP) is 2.87. The lowest BCUT2D eigenvalue weighted by atomic mass is 9.99. The number of hydrogen-bond donors (Lipinski definition) is 2.